The third kappa shape index (κ3) is 4.58. The minimum atomic E-state index is 0.0884. The van der Waals surface area contributed by atoms with Gasteiger partial charge in [-0.1, -0.05) is 158 Å². The predicted octanol–water partition coefficient (Wildman–Crippen LogP) is 9.94. The molecule has 6 rings (SSSR count). The topological polar surface area (TPSA) is 0 Å². The van der Waals surface area contributed by atoms with E-state index in [9.17, 15) is 0 Å². The van der Waals surface area contributed by atoms with Crippen LogP contribution < -0.4 is 0 Å². The summed E-state index contributed by atoms with van der Waals surface area (Å²) in [6.07, 6.45) is 2.47. The number of hydrogen-bond acceptors (Lipinski definition) is 0. The highest BCUT2D eigenvalue weighted by atomic mass is 14.4. The molecule has 0 bridgehead atoms. The van der Waals surface area contributed by atoms with Crippen molar-refractivity contribution in [1.29, 1.82) is 0 Å². The van der Waals surface area contributed by atoms with E-state index in [1.165, 1.54) is 55.7 Å². The second kappa shape index (κ2) is 10.7. The maximum atomic E-state index is 2.47. The van der Waals surface area contributed by atoms with Gasteiger partial charge in [0.15, 0.2) is 0 Å². The molecule has 0 unspecified atom stereocenters. The lowest BCUT2D eigenvalue weighted by Crippen LogP contribution is -2.02. The van der Waals surface area contributed by atoms with Gasteiger partial charge in [-0.2, -0.15) is 0 Å². The minimum Gasteiger partial charge on any atom is -0.0690 e. The SMILES string of the molecule is C/C(=C\C1C(c2ccccc2)=C(c2ccccc2)C(c2ccccc2)=C1c1ccccc1)c1ccccc1. The zero-order valence-electron chi connectivity index (χ0n) is 21.6. The zero-order chi connectivity index (χ0) is 25.7. The fraction of sp³-hybridized carbons (Fsp3) is 0.0526. The summed E-state index contributed by atoms with van der Waals surface area (Å²) in [5.74, 6) is 0.0884. The molecular weight excluding hydrogens is 456 g/mol. The van der Waals surface area contributed by atoms with Gasteiger partial charge in [0.2, 0.25) is 0 Å². The Morgan fingerprint density at radius 1 is 0.421 bits per heavy atom. The Morgan fingerprint density at radius 3 is 1.11 bits per heavy atom. The molecule has 182 valence electrons. The van der Waals surface area contributed by atoms with Crippen molar-refractivity contribution >= 4 is 27.9 Å². The molecule has 0 atom stereocenters. The van der Waals surface area contributed by atoms with Crippen LogP contribution in [-0.4, -0.2) is 0 Å². The van der Waals surface area contributed by atoms with Crippen LogP contribution in [-0.2, 0) is 0 Å². The van der Waals surface area contributed by atoms with Gasteiger partial charge in [0.1, 0.15) is 0 Å². The summed E-state index contributed by atoms with van der Waals surface area (Å²) in [4.78, 5) is 0. The van der Waals surface area contributed by atoms with Gasteiger partial charge in [0.05, 0.1) is 0 Å². The van der Waals surface area contributed by atoms with Crippen LogP contribution in [0.1, 0.15) is 34.7 Å². The first-order valence-corrected chi connectivity index (χ1v) is 13.3. The van der Waals surface area contributed by atoms with Crippen LogP contribution in [0, 0.1) is 5.92 Å². The van der Waals surface area contributed by atoms with Crippen LogP contribution in [0.4, 0.5) is 0 Å². The summed E-state index contributed by atoms with van der Waals surface area (Å²) in [5, 5.41) is 0. The molecule has 0 aromatic heterocycles. The van der Waals surface area contributed by atoms with Crippen LogP contribution in [0.25, 0.3) is 27.9 Å². The molecule has 0 saturated heterocycles. The van der Waals surface area contributed by atoms with E-state index in [0.29, 0.717) is 0 Å². The third-order valence-electron chi connectivity index (χ3n) is 7.35. The van der Waals surface area contributed by atoms with Gasteiger partial charge >= 0.3 is 0 Å². The average molecular weight is 487 g/mol. The van der Waals surface area contributed by atoms with E-state index in [1.807, 2.05) is 0 Å². The van der Waals surface area contributed by atoms with Crippen molar-refractivity contribution in [3.63, 3.8) is 0 Å². The van der Waals surface area contributed by atoms with Gasteiger partial charge in [0, 0.05) is 5.92 Å². The highest BCUT2D eigenvalue weighted by molar-refractivity contribution is 6.29. The molecule has 0 radical (unpaired) electrons. The lowest BCUT2D eigenvalue weighted by atomic mass is 9.84. The van der Waals surface area contributed by atoms with Crippen molar-refractivity contribution < 1.29 is 0 Å². The maximum Gasteiger partial charge on any atom is 0.0299 e. The van der Waals surface area contributed by atoms with Crippen molar-refractivity contribution in [3.8, 4) is 0 Å². The van der Waals surface area contributed by atoms with Gasteiger partial charge in [-0.3, -0.25) is 0 Å². The summed E-state index contributed by atoms with van der Waals surface area (Å²) >= 11 is 0. The molecule has 0 aliphatic heterocycles. The first kappa shape index (κ1) is 23.7. The Kier molecular flexibility index (Phi) is 6.70. The van der Waals surface area contributed by atoms with Crippen LogP contribution in [0.2, 0.25) is 0 Å². The number of rotatable bonds is 6. The van der Waals surface area contributed by atoms with Gasteiger partial charge < -0.3 is 0 Å². The standard InChI is InChI=1S/C38H30/c1-28(29-17-7-2-8-18-29)27-34-35(30-19-9-3-10-20-30)37(32-23-13-5-14-24-32)38(33-25-15-6-16-26-33)36(34)31-21-11-4-12-22-31/h2-27,34H,1H3/b28-27+. The second-order valence-electron chi connectivity index (χ2n) is 9.73. The van der Waals surface area contributed by atoms with E-state index in [4.69, 9.17) is 0 Å². The van der Waals surface area contributed by atoms with E-state index in [2.05, 4.69) is 165 Å². The lowest BCUT2D eigenvalue weighted by Gasteiger charge is -2.19. The minimum absolute atomic E-state index is 0.0884. The van der Waals surface area contributed by atoms with E-state index in [1.54, 1.807) is 0 Å². The lowest BCUT2D eigenvalue weighted by molar-refractivity contribution is 1.13. The molecule has 0 amide bonds. The van der Waals surface area contributed by atoms with Crippen molar-refractivity contribution in [2.75, 3.05) is 0 Å². The Labute approximate surface area is 226 Å². The average Bonchev–Trinajstić information content (AvgIpc) is 3.34. The molecule has 0 spiro atoms. The van der Waals surface area contributed by atoms with Crippen LogP contribution in [0.5, 0.6) is 0 Å². The van der Waals surface area contributed by atoms with Crippen LogP contribution in [0.3, 0.4) is 0 Å². The van der Waals surface area contributed by atoms with E-state index in [-0.39, 0.29) is 5.92 Å². The molecule has 0 heteroatoms. The molecule has 1 aliphatic rings. The highest BCUT2D eigenvalue weighted by Gasteiger charge is 2.35. The van der Waals surface area contributed by atoms with E-state index < -0.39 is 0 Å². The summed E-state index contributed by atoms with van der Waals surface area (Å²) in [6, 6.07) is 54.4. The quantitative estimate of drug-likeness (QED) is 0.224. The fourth-order valence-electron chi connectivity index (χ4n) is 5.63. The van der Waals surface area contributed by atoms with Gasteiger partial charge in [-0.15, -0.1) is 0 Å². The third-order valence-corrected chi connectivity index (χ3v) is 7.35. The molecule has 0 saturated carbocycles. The number of hydrogen-bond donors (Lipinski definition) is 0. The number of allylic oxidation sites excluding steroid dienone is 6. The molecule has 0 nitrogen and oxygen atoms in total. The summed E-state index contributed by atoms with van der Waals surface area (Å²) < 4.78 is 0. The van der Waals surface area contributed by atoms with E-state index in [0.717, 1.165) is 0 Å². The van der Waals surface area contributed by atoms with Gasteiger partial charge in [-0.25, -0.2) is 0 Å². The smallest absolute Gasteiger partial charge is 0.0299 e. The fourth-order valence-corrected chi connectivity index (χ4v) is 5.63. The van der Waals surface area contributed by atoms with Crippen LogP contribution >= 0.6 is 0 Å². The van der Waals surface area contributed by atoms with Gasteiger partial charge in [0.25, 0.3) is 0 Å². The Balaban J connectivity index is 1.73. The van der Waals surface area contributed by atoms with Crippen molar-refractivity contribution in [2.45, 2.75) is 6.92 Å². The van der Waals surface area contributed by atoms with Crippen molar-refractivity contribution in [1.82, 2.24) is 0 Å². The first-order valence-electron chi connectivity index (χ1n) is 13.3. The molecule has 0 N–H and O–H groups in total. The van der Waals surface area contributed by atoms with Crippen molar-refractivity contribution in [3.05, 3.63) is 186 Å². The molecule has 0 heterocycles. The van der Waals surface area contributed by atoms with Crippen molar-refractivity contribution in [2.24, 2.45) is 5.92 Å². The second-order valence-corrected chi connectivity index (χ2v) is 9.73. The van der Waals surface area contributed by atoms with E-state index >= 15 is 0 Å². The molecular formula is C38H30. The maximum absolute atomic E-state index is 2.47. The molecule has 0 fully saturated rings. The highest BCUT2D eigenvalue weighted by Crippen LogP contribution is 2.55. The largest absolute Gasteiger partial charge is 0.0690 e. The van der Waals surface area contributed by atoms with Gasteiger partial charge in [-0.05, 0) is 62.6 Å². The van der Waals surface area contributed by atoms with Crippen LogP contribution in [0.15, 0.2) is 158 Å². The molecule has 5 aromatic carbocycles. The number of benzene rings is 5. The first-order chi connectivity index (χ1) is 18.8. The molecule has 1 aliphatic carbocycles. The summed E-state index contributed by atoms with van der Waals surface area (Å²) in [6.45, 7) is 2.24. The normalized spacial score (nSPS) is 14.3. The molecule has 38 heavy (non-hydrogen) atoms. The Hall–Kier alpha value is -4.68. The monoisotopic (exact) mass is 486 g/mol. The molecule has 5 aromatic rings. The zero-order valence-corrected chi connectivity index (χ0v) is 21.6. The predicted molar refractivity (Wildman–Crippen MR) is 163 cm³/mol. The summed E-state index contributed by atoms with van der Waals surface area (Å²) in [5.41, 5.74) is 12.8. The summed E-state index contributed by atoms with van der Waals surface area (Å²) in [7, 11) is 0. The Bertz CT molecular complexity index is 1510. The Morgan fingerprint density at radius 2 is 0.737 bits per heavy atom.